The van der Waals surface area contributed by atoms with Crippen molar-refractivity contribution < 1.29 is 9.59 Å². The van der Waals surface area contributed by atoms with Gasteiger partial charge in [0, 0.05) is 12.2 Å². The molecule has 0 heterocycles. The van der Waals surface area contributed by atoms with Gasteiger partial charge in [-0.15, -0.1) is 0 Å². The highest BCUT2D eigenvalue weighted by Crippen LogP contribution is 2.26. The second-order valence-corrected chi connectivity index (χ2v) is 6.95. The Kier molecular flexibility index (Phi) is 6.95. The van der Waals surface area contributed by atoms with Gasteiger partial charge in [-0.05, 0) is 60.4 Å². The molecule has 0 aromatic heterocycles. The summed E-state index contributed by atoms with van der Waals surface area (Å²) in [6.45, 7) is 3.93. The molecule has 0 saturated carbocycles. The van der Waals surface area contributed by atoms with Crippen LogP contribution in [0.2, 0.25) is 0 Å². The first-order valence-electron chi connectivity index (χ1n) is 9.71. The van der Waals surface area contributed by atoms with E-state index in [1.165, 1.54) is 12.2 Å². The number of aryl methyl sites for hydroxylation is 2. The number of anilines is 2. The first-order valence-corrected chi connectivity index (χ1v) is 9.71. The van der Waals surface area contributed by atoms with Crippen LogP contribution in [-0.4, -0.2) is 11.8 Å². The summed E-state index contributed by atoms with van der Waals surface area (Å²) in [5, 5.41) is 5.73. The van der Waals surface area contributed by atoms with E-state index in [2.05, 4.69) is 10.6 Å². The minimum atomic E-state index is -0.266. The summed E-state index contributed by atoms with van der Waals surface area (Å²) in [5.41, 5.74) is 5.04. The van der Waals surface area contributed by atoms with Crippen molar-refractivity contribution in [2.75, 3.05) is 10.6 Å². The van der Waals surface area contributed by atoms with E-state index in [-0.39, 0.29) is 11.8 Å². The maximum atomic E-state index is 12.4. The van der Waals surface area contributed by atoms with Crippen LogP contribution in [0.4, 0.5) is 11.4 Å². The number of nitrogens with one attached hydrogen (secondary N) is 2. The molecule has 0 aliphatic heterocycles. The van der Waals surface area contributed by atoms with E-state index in [1.807, 2.05) is 86.6 Å². The summed E-state index contributed by atoms with van der Waals surface area (Å²) >= 11 is 0. The van der Waals surface area contributed by atoms with Gasteiger partial charge in [0.05, 0.1) is 11.4 Å². The van der Waals surface area contributed by atoms with Crippen molar-refractivity contribution in [3.63, 3.8) is 0 Å². The molecule has 2 amide bonds. The molecular weight excluding hydrogens is 372 g/mol. The fourth-order valence-electron chi connectivity index (χ4n) is 2.84. The van der Waals surface area contributed by atoms with Crippen LogP contribution >= 0.6 is 0 Å². The van der Waals surface area contributed by atoms with E-state index in [4.69, 9.17) is 0 Å². The monoisotopic (exact) mass is 396 g/mol. The van der Waals surface area contributed by atoms with Crippen LogP contribution < -0.4 is 10.6 Å². The van der Waals surface area contributed by atoms with Gasteiger partial charge in [-0.25, -0.2) is 0 Å². The Morgan fingerprint density at radius 1 is 0.633 bits per heavy atom. The van der Waals surface area contributed by atoms with Gasteiger partial charge < -0.3 is 10.6 Å². The fraction of sp³-hybridized carbons (Fsp3) is 0.0769. The molecule has 0 aliphatic rings. The Bertz CT molecular complexity index is 996. The average molecular weight is 396 g/mol. The van der Waals surface area contributed by atoms with Crippen molar-refractivity contribution in [1.29, 1.82) is 0 Å². The van der Waals surface area contributed by atoms with Gasteiger partial charge in [-0.2, -0.15) is 0 Å². The van der Waals surface area contributed by atoms with Gasteiger partial charge in [0.1, 0.15) is 0 Å². The van der Waals surface area contributed by atoms with Crippen LogP contribution in [-0.2, 0) is 9.59 Å². The van der Waals surface area contributed by atoms with E-state index in [0.717, 1.165) is 22.3 Å². The molecule has 0 atom stereocenters. The summed E-state index contributed by atoms with van der Waals surface area (Å²) in [5.74, 6) is -0.533. The molecule has 0 fully saturated rings. The SMILES string of the molecule is Cc1cc(NC(=O)C=Cc2ccccc2)c(NC(=O)C=Cc2ccccc2)cc1C. The molecule has 2 N–H and O–H groups in total. The molecule has 0 radical (unpaired) electrons. The lowest BCUT2D eigenvalue weighted by atomic mass is 10.1. The number of carbonyl (C=O) groups is 2. The Labute approximate surface area is 177 Å². The van der Waals surface area contributed by atoms with E-state index in [0.29, 0.717) is 11.4 Å². The zero-order chi connectivity index (χ0) is 21.3. The third-order valence-corrected chi connectivity index (χ3v) is 4.60. The fourth-order valence-corrected chi connectivity index (χ4v) is 2.84. The van der Waals surface area contributed by atoms with Crippen LogP contribution in [0.5, 0.6) is 0 Å². The molecule has 0 unspecified atom stereocenters. The number of rotatable bonds is 6. The predicted molar refractivity (Wildman–Crippen MR) is 124 cm³/mol. The van der Waals surface area contributed by atoms with Crippen molar-refractivity contribution in [3.8, 4) is 0 Å². The van der Waals surface area contributed by atoms with Crippen molar-refractivity contribution in [2.24, 2.45) is 0 Å². The highest BCUT2D eigenvalue weighted by molar-refractivity contribution is 6.08. The second kappa shape index (κ2) is 10.0. The van der Waals surface area contributed by atoms with Crippen LogP contribution in [0.15, 0.2) is 84.9 Å². The molecule has 0 aliphatic carbocycles. The van der Waals surface area contributed by atoms with Crippen molar-refractivity contribution in [1.82, 2.24) is 0 Å². The summed E-state index contributed by atoms with van der Waals surface area (Å²) in [7, 11) is 0. The normalized spacial score (nSPS) is 11.0. The number of carbonyl (C=O) groups excluding carboxylic acids is 2. The van der Waals surface area contributed by atoms with E-state index < -0.39 is 0 Å². The molecule has 0 spiro atoms. The zero-order valence-electron chi connectivity index (χ0n) is 17.1. The number of benzene rings is 3. The van der Waals surface area contributed by atoms with Crippen molar-refractivity contribution >= 4 is 35.3 Å². The molecule has 0 bridgehead atoms. The van der Waals surface area contributed by atoms with Gasteiger partial charge in [0.25, 0.3) is 0 Å². The zero-order valence-corrected chi connectivity index (χ0v) is 17.1. The van der Waals surface area contributed by atoms with Gasteiger partial charge in [0.2, 0.25) is 11.8 Å². The smallest absolute Gasteiger partial charge is 0.248 e. The summed E-state index contributed by atoms with van der Waals surface area (Å²) < 4.78 is 0. The third kappa shape index (κ3) is 6.04. The highest BCUT2D eigenvalue weighted by atomic mass is 16.2. The molecule has 4 nitrogen and oxygen atoms in total. The largest absolute Gasteiger partial charge is 0.321 e. The lowest BCUT2D eigenvalue weighted by Gasteiger charge is -2.13. The molecule has 3 aromatic rings. The summed E-state index contributed by atoms with van der Waals surface area (Å²) in [4.78, 5) is 24.8. The molecule has 4 heteroatoms. The van der Waals surface area contributed by atoms with Crippen LogP contribution in [0, 0.1) is 13.8 Å². The highest BCUT2D eigenvalue weighted by Gasteiger charge is 2.10. The minimum Gasteiger partial charge on any atom is -0.321 e. The Morgan fingerprint density at radius 2 is 1.00 bits per heavy atom. The predicted octanol–water partition coefficient (Wildman–Crippen LogP) is 5.61. The molecular formula is C26H24N2O2. The topological polar surface area (TPSA) is 58.2 Å². The maximum absolute atomic E-state index is 12.4. The first-order chi connectivity index (χ1) is 14.5. The molecule has 0 saturated heterocycles. The van der Waals surface area contributed by atoms with E-state index >= 15 is 0 Å². The summed E-state index contributed by atoms with van der Waals surface area (Å²) in [6, 6.07) is 22.9. The van der Waals surface area contributed by atoms with Crippen LogP contribution in [0.1, 0.15) is 22.3 Å². The standard InChI is InChI=1S/C26H24N2O2/c1-19-17-23(27-25(29)15-13-21-9-5-3-6-10-21)24(18-20(19)2)28-26(30)16-14-22-11-7-4-8-12-22/h3-18H,1-2H3,(H,27,29)(H,28,30). The molecule has 30 heavy (non-hydrogen) atoms. The molecule has 150 valence electrons. The lowest BCUT2D eigenvalue weighted by Crippen LogP contribution is -2.14. The molecule has 3 rings (SSSR count). The van der Waals surface area contributed by atoms with Crippen molar-refractivity contribution in [2.45, 2.75) is 13.8 Å². The third-order valence-electron chi connectivity index (χ3n) is 4.60. The Balaban J connectivity index is 1.74. The average Bonchev–Trinajstić information content (AvgIpc) is 2.76. The summed E-state index contributed by atoms with van der Waals surface area (Å²) in [6.07, 6.45) is 6.45. The van der Waals surface area contributed by atoms with Gasteiger partial charge >= 0.3 is 0 Å². The number of hydrogen-bond acceptors (Lipinski definition) is 2. The van der Waals surface area contributed by atoms with E-state index in [1.54, 1.807) is 12.2 Å². The van der Waals surface area contributed by atoms with E-state index in [9.17, 15) is 9.59 Å². The van der Waals surface area contributed by atoms with Crippen LogP contribution in [0.3, 0.4) is 0 Å². The minimum absolute atomic E-state index is 0.266. The number of amides is 2. The Hall–Kier alpha value is -3.92. The van der Waals surface area contributed by atoms with Crippen molar-refractivity contribution in [3.05, 3.63) is 107 Å². The van der Waals surface area contributed by atoms with Gasteiger partial charge in [-0.3, -0.25) is 9.59 Å². The van der Waals surface area contributed by atoms with Gasteiger partial charge in [-0.1, -0.05) is 60.7 Å². The van der Waals surface area contributed by atoms with Gasteiger partial charge in [0.15, 0.2) is 0 Å². The second-order valence-electron chi connectivity index (χ2n) is 6.95. The lowest BCUT2D eigenvalue weighted by molar-refractivity contribution is -0.112. The van der Waals surface area contributed by atoms with Crippen LogP contribution in [0.25, 0.3) is 12.2 Å². The Morgan fingerprint density at radius 3 is 1.37 bits per heavy atom. The first kappa shape index (κ1) is 20.8. The quantitative estimate of drug-likeness (QED) is 0.532. The molecule has 3 aromatic carbocycles. The number of hydrogen-bond donors (Lipinski definition) is 2. The maximum Gasteiger partial charge on any atom is 0.248 e.